The molecule has 64 heavy (non-hydrogen) atoms. The molecule has 0 unspecified atom stereocenters. The Labute approximate surface area is 406 Å². The normalized spacial score (nSPS) is 13.2. The number of nitrogens with one attached hydrogen (secondary N) is 2. The van der Waals surface area contributed by atoms with Crippen LogP contribution in [0.3, 0.4) is 0 Å². The summed E-state index contributed by atoms with van der Waals surface area (Å²) in [5.74, 6) is -0.374. The number of fused-ring (bicyclic) bond motifs is 4. The summed E-state index contributed by atoms with van der Waals surface area (Å²) in [6, 6.07) is 30.0. The second-order valence-electron chi connectivity index (χ2n) is 14.4. The van der Waals surface area contributed by atoms with Gasteiger partial charge in [0, 0.05) is 70.0 Å². The number of sulfonamides is 2. The standard InChI is InChI=1S/C23H19Cl3N2O2S2.C23H19Cl2FN2O2S2/c1-2-3-10-27-32(29,30)16-6-9-21-20(13-16)28-23(17-7-4-14(24)11-19(17)26)18-8-5-15(25)12-22(18)31-21;1-2-3-10-27-32(29,30)16-6-9-21-20(13-16)28-23(17-7-4-14(24)11-19(17)25)18-8-5-15(26)12-22(18)31-21/h2*4-9,11-13,27H,2-3,10H2,1H3. The molecule has 0 atom stereocenters. The molecule has 332 valence electrons. The zero-order valence-corrected chi connectivity index (χ0v) is 41.1. The highest BCUT2D eigenvalue weighted by atomic mass is 35.5. The fraction of sp³-hybridized carbons (Fsp3) is 0.174. The van der Waals surface area contributed by atoms with Gasteiger partial charge in [0.25, 0.3) is 0 Å². The van der Waals surface area contributed by atoms with E-state index < -0.39 is 20.0 Å². The molecule has 0 fully saturated rings. The van der Waals surface area contributed by atoms with E-state index in [4.69, 9.17) is 68.0 Å². The summed E-state index contributed by atoms with van der Waals surface area (Å²) in [5, 5.41) is 2.44. The van der Waals surface area contributed by atoms with Crippen LogP contribution in [-0.4, -0.2) is 41.3 Å². The van der Waals surface area contributed by atoms with Gasteiger partial charge in [-0.15, -0.1) is 0 Å². The van der Waals surface area contributed by atoms with E-state index in [0.717, 1.165) is 41.0 Å². The van der Waals surface area contributed by atoms with E-state index in [2.05, 4.69) is 9.44 Å². The summed E-state index contributed by atoms with van der Waals surface area (Å²) in [4.78, 5) is 13.1. The Morgan fingerprint density at radius 1 is 0.500 bits per heavy atom. The number of hydrogen-bond donors (Lipinski definition) is 2. The van der Waals surface area contributed by atoms with E-state index in [1.165, 1.54) is 47.8 Å². The fourth-order valence-corrected chi connectivity index (χ4v) is 12.0. The molecule has 2 aliphatic heterocycles. The minimum absolute atomic E-state index is 0.121. The first-order valence-corrected chi connectivity index (χ1v) is 26.4. The molecule has 0 saturated carbocycles. The molecule has 0 radical (unpaired) electrons. The van der Waals surface area contributed by atoms with Crippen LogP contribution in [0.25, 0.3) is 0 Å². The Bertz CT molecular complexity index is 2860. The maximum Gasteiger partial charge on any atom is 0.240 e. The highest BCUT2D eigenvalue weighted by molar-refractivity contribution is 8.00. The number of halogens is 6. The molecule has 0 saturated heterocycles. The second kappa shape index (κ2) is 21.0. The lowest BCUT2D eigenvalue weighted by Gasteiger charge is -2.11. The molecule has 6 aromatic rings. The van der Waals surface area contributed by atoms with Crippen molar-refractivity contribution in [1.82, 2.24) is 9.44 Å². The number of aliphatic imine (C=N–C) groups is 2. The molecule has 0 bridgehead atoms. The first kappa shape index (κ1) is 48.5. The van der Waals surface area contributed by atoms with Crippen molar-refractivity contribution in [3.05, 3.63) is 162 Å². The number of nitrogens with zero attached hydrogens (tertiary/aromatic N) is 2. The van der Waals surface area contributed by atoms with Crippen LogP contribution in [0.1, 0.15) is 61.8 Å². The summed E-state index contributed by atoms with van der Waals surface area (Å²) < 4.78 is 70.3. The van der Waals surface area contributed by atoms with Crippen molar-refractivity contribution in [3.8, 4) is 0 Å². The SMILES string of the molecule is CCCCNS(=O)(=O)c1ccc2c(c1)N=C(c1ccc(Cl)cc1Cl)c1ccc(Cl)cc1S2.CCCCNS(=O)(=O)c1ccc2c(c1)N=C(c1ccc(Cl)cc1Cl)c1ccc(F)cc1S2. The third kappa shape index (κ3) is 11.4. The van der Waals surface area contributed by atoms with Crippen molar-refractivity contribution >= 4 is 124 Å². The van der Waals surface area contributed by atoms with Gasteiger partial charge in [-0.05, 0) is 116 Å². The van der Waals surface area contributed by atoms with E-state index in [1.54, 1.807) is 66.7 Å². The lowest BCUT2D eigenvalue weighted by Crippen LogP contribution is -2.24. The first-order valence-electron chi connectivity index (χ1n) is 19.9. The smallest absolute Gasteiger partial charge is 0.240 e. The number of unbranched alkanes of at least 4 members (excludes halogenated alkanes) is 2. The minimum atomic E-state index is -3.68. The number of benzene rings is 6. The predicted molar refractivity (Wildman–Crippen MR) is 263 cm³/mol. The second-order valence-corrected chi connectivity index (χ2v) is 22.2. The van der Waals surface area contributed by atoms with Gasteiger partial charge in [0.2, 0.25) is 20.0 Å². The highest BCUT2D eigenvalue weighted by Crippen LogP contribution is 2.45. The Hall–Kier alpha value is -3.44. The van der Waals surface area contributed by atoms with Gasteiger partial charge in [-0.2, -0.15) is 0 Å². The van der Waals surface area contributed by atoms with Crippen molar-refractivity contribution in [2.75, 3.05) is 13.1 Å². The molecule has 0 aliphatic carbocycles. The first-order chi connectivity index (χ1) is 30.6. The quantitative estimate of drug-likeness (QED) is 0.118. The van der Waals surface area contributed by atoms with Crippen molar-refractivity contribution in [2.24, 2.45) is 9.98 Å². The fourth-order valence-electron chi connectivity index (χ4n) is 6.53. The van der Waals surface area contributed by atoms with E-state index >= 15 is 0 Å². The van der Waals surface area contributed by atoms with Gasteiger partial charge in [-0.25, -0.2) is 40.7 Å². The van der Waals surface area contributed by atoms with Gasteiger partial charge in [-0.3, -0.25) is 0 Å². The van der Waals surface area contributed by atoms with E-state index in [9.17, 15) is 21.2 Å². The zero-order valence-electron chi connectivity index (χ0n) is 34.1. The highest BCUT2D eigenvalue weighted by Gasteiger charge is 2.25. The molecule has 0 spiro atoms. The molecular formula is C46H38Cl5FN4O4S4. The van der Waals surface area contributed by atoms with Crippen LogP contribution in [-0.2, 0) is 20.0 Å². The largest absolute Gasteiger partial charge is 0.246 e. The Balaban J connectivity index is 0.000000191. The van der Waals surface area contributed by atoms with E-state index in [0.29, 0.717) is 87.5 Å². The third-order valence-corrected chi connectivity index (χ3v) is 16.3. The molecular weight excluding hydrogens is 997 g/mol. The van der Waals surface area contributed by atoms with Gasteiger partial charge < -0.3 is 0 Å². The van der Waals surface area contributed by atoms with Crippen LogP contribution in [0.15, 0.2) is 149 Å². The third-order valence-electron chi connectivity index (χ3n) is 9.80. The summed E-state index contributed by atoms with van der Waals surface area (Å²) >= 11 is 34.2. The topological polar surface area (TPSA) is 117 Å². The molecule has 0 amide bonds. The van der Waals surface area contributed by atoms with Crippen molar-refractivity contribution in [3.63, 3.8) is 0 Å². The maximum absolute atomic E-state index is 14.0. The summed E-state index contributed by atoms with van der Waals surface area (Å²) in [6.45, 7) is 4.76. The average molecular weight is 1040 g/mol. The molecule has 8 rings (SSSR count). The Morgan fingerprint density at radius 2 is 0.906 bits per heavy atom. The van der Waals surface area contributed by atoms with Gasteiger partial charge in [0.05, 0.1) is 42.6 Å². The predicted octanol–water partition coefficient (Wildman–Crippen LogP) is 14.2. The lowest BCUT2D eigenvalue weighted by molar-refractivity contribution is 0.576. The van der Waals surface area contributed by atoms with Crippen LogP contribution in [0, 0.1) is 5.82 Å². The van der Waals surface area contributed by atoms with Gasteiger partial charge in [0.15, 0.2) is 0 Å². The molecule has 6 aromatic carbocycles. The molecule has 0 aromatic heterocycles. The van der Waals surface area contributed by atoms with E-state index in [-0.39, 0.29) is 15.6 Å². The van der Waals surface area contributed by atoms with Gasteiger partial charge in [-0.1, -0.05) is 114 Å². The summed E-state index contributed by atoms with van der Waals surface area (Å²) in [6.07, 6.45) is 3.30. The molecule has 2 N–H and O–H groups in total. The van der Waals surface area contributed by atoms with Crippen LogP contribution in [0.4, 0.5) is 15.8 Å². The van der Waals surface area contributed by atoms with Crippen LogP contribution < -0.4 is 9.44 Å². The summed E-state index contributed by atoms with van der Waals surface area (Å²) in [5.41, 5.74) is 5.01. The van der Waals surface area contributed by atoms with Gasteiger partial charge in [0.1, 0.15) is 5.82 Å². The average Bonchev–Trinajstić information content (AvgIpc) is 3.50. The monoisotopic (exact) mass is 1030 g/mol. The zero-order chi connectivity index (χ0) is 45.8. The molecule has 18 heteroatoms. The van der Waals surface area contributed by atoms with Crippen molar-refractivity contribution in [1.29, 1.82) is 0 Å². The Kier molecular flexibility index (Phi) is 15.9. The summed E-state index contributed by atoms with van der Waals surface area (Å²) in [7, 11) is -7.32. The van der Waals surface area contributed by atoms with Crippen molar-refractivity contribution < 1.29 is 21.2 Å². The number of rotatable bonds is 12. The van der Waals surface area contributed by atoms with Gasteiger partial charge >= 0.3 is 0 Å². The maximum atomic E-state index is 14.0. The lowest BCUT2D eigenvalue weighted by atomic mass is 10.0. The number of hydrogen-bond acceptors (Lipinski definition) is 8. The Morgan fingerprint density at radius 3 is 1.34 bits per heavy atom. The molecule has 8 nitrogen and oxygen atoms in total. The van der Waals surface area contributed by atoms with E-state index in [1.807, 2.05) is 32.0 Å². The van der Waals surface area contributed by atoms with Crippen LogP contribution >= 0.6 is 81.5 Å². The molecule has 2 heterocycles. The minimum Gasteiger partial charge on any atom is -0.246 e. The van der Waals surface area contributed by atoms with Crippen LogP contribution in [0.5, 0.6) is 0 Å². The van der Waals surface area contributed by atoms with Crippen molar-refractivity contribution in [2.45, 2.75) is 68.9 Å². The molecule has 2 aliphatic rings. The van der Waals surface area contributed by atoms with Crippen LogP contribution in [0.2, 0.25) is 25.1 Å².